The summed E-state index contributed by atoms with van der Waals surface area (Å²) in [5.41, 5.74) is 0. The Morgan fingerprint density at radius 1 is 1.26 bits per heavy atom. The van der Waals surface area contributed by atoms with E-state index in [1.807, 2.05) is 18.2 Å². The molecule has 128 valence electrons. The monoisotopic (exact) mass is 341 g/mol. The fourth-order valence-electron chi connectivity index (χ4n) is 2.34. The molecule has 2 unspecified atom stereocenters. The van der Waals surface area contributed by atoms with Crippen molar-refractivity contribution in [3.63, 3.8) is 0 Å². The van der Waals surface area contributed by atoms with Crippen LogP contribution in [0.1, 0.15) is 13.3 Å². The number of hydrogen-bond donors (Lipinski definition) is 3. The van der Waals surface area contributed by atoms with Gasteiger partial charge in [-0.1, -0.05) is 25.1 Å². The van der Waals surface area contributed by atoms with E-state index in [1.54, 1.807) is 12.1 Å². The number of amides is 2. The van der Waals surface area contributed by atoms with E-state index in [0.29, 0.717) is 11.7 Å². The molecule has 1 heterocycles. The summed E-state index contributed by atoms with van der Waals surface area (Å²) in [5.74, 6) is 0.592. The first-order chi connectivity index (χ1) is 10.6. The maximum Gasteiger partial charge on any atom is 0.258 e. The Balaban J connectivity index is 0.00000264. The normalized spacial score (nSPS) is 20.0. The number of rotatable bonds is 6. The first kappa shape index (κ1) is 19.3. The Kier molecular flexibility index (Phi) is 8.43. The number of ether oxygens (including phenoxy) is 1. The highest BCUT2D eigenvalue weighted by molar-refractivity contribution is 5.85. The first-order valence-corrected chi connectivity index (χ1v) is 7.60. The van der Waals surface area contributed by atoms with Crippen molar-refractivity contribution < 1.29 is 14.3 Å². The summed E-state index contributed by atoms with van der Waals surface area (Å²) in [6.45, 7) is 3.76. The molecule has 6 nitrogen and oxygen atoms in total. The molecule has 1 aliphatic heterocycles. The Labute approximate surface area is 142 Å². The molecule has 2 rings (SSSR count). The molecule has 2 atom stereocenters. The number of nitrogens with one attached hydrogen (secondary N) is 3. The molecule has 1 aromatic carbocycles. The standard InChI is InChI=1S/C16H23N3O3.ClH/c1-12-7-8-17-9-14(12)19-15(20)10-18-16(21)11-22-13-5-3-2-4-6-13;/h2-6,12,14,17H,7-11H2,1H3,(H,18,21)(H,19,20);1H. The average Bonchev–Trinajstić information content (AvgIpc) is 2.54. The molecular weight excluding hydrogens is 318 g/mol. The van der Waals surface area contributed by atoms with Crippen LogP contribution in [-0.4, -0.2) is 44.1 Å². The summed E-state index contributed by atoms with van der Waals surface area (Å²) in [5, 5.41) is 8.75. The van der Waals surface area contributed by atoms with Crippen molar-refractivity contribution in [3.8, 4) is 5.75 Å². The van der Waals surface area contributed by atoms with Crippen molar-refractivity contribution in [1.29, 1.82) is 0 Å². The Hall–Kier alpha value is -1.79. The van der Waals surface area contributed by atoms with E-state index in [1.165, 1.54) is 0 Å². The summed E-state index contributed by atoms with van der Waals surface area (Å²) in [7, 11) is 0. The Morgan fingerprint density at radius 2 is 2.00 bits per heavy atom. The number of halogens is 1. The fraction of sp³-hybridized carbons (Fsp3) is 0.500. The van der Waals surface area contributed by atoms with Gasteiger partial charge < -0.3 is 20.7 Å². The highest BCUT2D eigenvalue weighted by Crippen LogP contribution is 2.10. The number of benzene rings is 1. The molecule has 0 aromatic heterocycles. The van der Waals surface area contributed by atoms with Gasteiger partial charge in [-0.2, -0.15) is 0 Å². The minimum atomic E-state index is -0.311. The Bertz CT molecular complexity index is 499. The zero-order valence-corrected chi connectivity index (χ0v) is 14.0. The van der Waals surface area contributed by atoms with Crippen molar-refractivity contribution in [3.05, 3.63) is 30.3 Å². The maximum atomic E-state index is 11.8. The molecule has 1 saturated heterocycles. The van der Waals surface area contributed by atoms with Crippen LogP contribution in [0.4, 0.5) is 0 Å². The van der Waals surface area contributed by atoms with Gasteiger partial charge in [-0.3, -0.25) is 9.59 Å². The molecule has 0 aliphatic carbocycles. The summed E-state index contributed by atoms with van der Waals surface area (Å²) in [6.07, 6.45) is 1.04. The molecular formula is C16H24ClN3O3. The van der Waals surface area contributed by atoms with E-state index in [4.69, 9.17) is 4.74 Å². The number of piperidine rings is 1. The van der Waals surface area contributed by atoms with Gasteiger partial charge in [-0.15, -0.1) is 12.4 Å². The molecule has 0 bridgehead atoms. The summed E-state index contributed by atoms with van der Waals surface area (Å²) >= 11 is 0. The SMILES string of the molecule is CC1CCNCC1NC(=O)CNC(=O)COc1ccccc1.Cl. The average molecular weight is 342 g/mol. The van der Waals surface area contributed by atoms with Gasteiger partial charge in [-0.25, -0.2) is 0 Å². The third kappa shape index (κ3) is 6.88. The third-order valence-corrected chi connectivity index (χ3v) is 3.73. The second-order valence-electron chi connectivity index (χ2n) is 5.52. The number of para-hydroxylation sites is 1. The molecule has 0 spiro atoms. The quantitative estimate of drug-likeness (QED) is 0.712. The second-order valence-corrected chi connectivity index (χ2v) is 5.52. The van der Waals surface area contributed by atoms with Gasteiger partial charge in [0.1, 0.15) is 5.75 Å². The molecule has 0 saturated carbocycles. The fourth-order valence-corrected chi connectivity index (χ4v) is 2.34. The minimum Gasteiger partial charge on any atom is -0.484 e. The van der Waals surface area contributed by atoms with Gasteiger partial charge in [0.25, 0.3) is 5.91 Å². The van der Waals surface area contributed by atoms with Crippen LogP contribution in [0.2, 0.25) is 0 Å². The van der Waals surface area contributed by atoms with Gasteiger partial charge in [0, 0.05) is 12.6 Å². The van der Waals surface area contributed by atoms with Crippen molar-refractivity contribution in [2.75, 3.05) is 26.2 Å². The van der Waals surface area contributed by atoms with E-state index in [0.717, 1.165) is 19.5 Å². The van der Waals surface area contributed by atoms with E-state index in [9.17, 15) is 9.59 Å². The van der Waals surface area contributed by atoms with Crippen LogP contribution in [-0.2, 0) is 9.59 Å². The van der Waals surface area contributed by atoms with Crippen LogP contribution < -0.4 is 20.7 Å². The van der Waals surface area contributed by atoms with Crippen molar-refractivity contribution >= 4 is 24.2 Å². The highest BCUT2D eigenvalue weighted by atomic mass is 35.5. The minimum absolute atomic E-state index is 0. The van der Waals surface area contributed by atoms with Gasteiger partial charge in [-0.05, 0) is 31.0 Å². The smallest absolute Gasteiger partial charge is 0.258 e. The van der Waals surface area contributed by atoms with Crippen LogP contribution in [0.25, 0.3) is 0 Å². The second kappa shape index (κ2) is 10.1. The lowest BCUT2D eigenvalue weighted by Crippen LogP contribution is -2.52. The lowest BCUT2D eigenvalue weighted by atomic mass is 9.95. The van der Waals surface area contributed by atoms with E-state index < -0.39 is 0 Å². The summed E-state index contributed by atoms with van der Waals surface area (Å²) in [6, 6.07) is 9.21. The zero-order chi connectivity index (χ0) is 15.8. The molecule has 23 heavy (non-hydrogen) atoms. The van der Waals surface area contributed by atoms with Gasteiger partial charge in [0.05, 0.1) is 6.54 Å². The number of hydrogen-bond acceptors (Lipinski definition) is 4. The summed E-state index contributed by atoms with van der Waals surface area (Å²) in [4.78, 5) is 23.5. The predicted molar refractivity (Wildman–Crippen MR) is 90.8 cm³/mol. The van der Waals surface area contributed by atoms with Gasteiger partial charge >= 0.3 is 0 Å². The zero-order valence-electron chi connectivity index (χ0n) is 13.2. The molecule has 3 N–H and O–H groups in total. The molecule has 7 heteroatoms. The van der Waals surface area contributed by atoms with Crippen molar-refractivity contribution in [2.45, 2.75) is 19.4 Å². The topological polar surface area (TPSA) is 79.5 Å². The van der Waals surface area contributed by atoms with Crippen LogP contribution in [0, 0.1) is 5.92 Å². The Morgan fingerprint density at radius 3 is 2.70 bits per heavy atom. The van der Waals surface area contributed by atoms with Gasteiger partial charge in [0.2, 0.25) is 5.91 Å². The number of carbonyl (C=O) groups is 2. The van der Waals surface area contributed by atoms with Crippen LogP contribution >= 0.6 is 12.4 Å². The third-order valence-electron chi connectivity index (χ3n) is 3.73. The van der Waals surface area contributed by atoms with E-state index in [-0.39, 0.29) is 43.4 Å². The van der Waals surface area contributed by atoms with E-state index in [2.05, 4.69) is 22.9 Å². The summed E-state index contributed by atoms with van der Waals surface area (Å²) < 4.78 is 5.31. The van der Waals surface area contributed by atoms with E-state index >= 15 is 0 Å². The predicted octanol–water partition coefficient (Wildman–Crippen LogP) is 0.718. The van der Waals surface area contributed by atoms with Crippen LogP contribution in [0.15, 0.2) is 30.3 Å². The van der Waals surface area contributed by atoms with Crippen molar-refractivity contribution in [1.82, 2.24) is 16.0 Å². The molecule has 1 fully saturated rings. The molecule has 1 aromatic rings. The van der Waals surface area contributed by atoms with Gasteiger partial charge in [0.15, 0.2) is 6.61 Å². The molecule has 1 aliphatic rings. The molecule has 2 amide bonds. The lowest BCUT2D eigenvalue weighted by molar-refractivity contribution is -0.127. The largest absolute Gasteiger partial charge is 0.484 e. The number of carbonyl (C=O) groups excluding carboxylic acids is 2. The van der Waals surface area contributed by atoms with Crippen LogP contribution in [0.5, 0.6) is 5.75 Å². The lowest BCUT2D eigenvalue weighted by Gasteiger charge is -2.30. The molecule has 0 radical (unpaired) electrons. The first-order valence-electron chi connectivity index (χ1n) is 7.60. The maximum absolute atomic E-state index is 11.8. The van der Waals surface area contributed by atoms with Crippen LogP contribution in [0.3, 0.4) is 0 Å². The highest BCUT2D eigenvalue weighted by Gasteiger charge is 2.22. The van der Waals surface area contributed by atoms with Crippen molar-refractivity contribution in [2.24, 2.45) is 5.92 Å².